The first-order chi connectivity index (χ1) is 15.0. The minimum atomic E-state index is -4.82. The molecule has 2 N–H and O–H groups in total. The fourth-order valence-electron chi connectivity index (χ4n) is 2.86. The SMILES string of the molecule is O=C(N/N=C\c1ccccc1-c1cc(C(F)(F)F)ccc1S(=O)(=O)O)c1ccccc1Br. The summed E-state index contributed by atoms with van der Waals surface area (Å²) >= 11 is 3.24. The molecule has 0 aliphatic heterocycles. The molecule has 0 saturated carbocycles. The Morgan fingerprint density at radius 3 is 2.31 bits per heavy atom. The molecule has 0 fully saturated rings. The highest BCUT2D eigenvalue weighted by atomic mass is 79.9. The van der Waals surface area contributed by atoms with Gasteiger partial charge in [-0.3, -0.25) is 9.35 Å². The van der Waals surface area contributed by atoms with E-state index in [0.29, 0.717) is 28.2 Å². The summed E-state index contributed by atoms with van der Waals surface area (Å²) in [6.07, 6.45) is -3.56. The van der Waals surface area contributed by atoms with Crippen LogP contribution in [-0.2, 0) is 16.3 Å². The topological polar surface area (TPSA) is 95.8 Å². The quantitative estimate of drug-likeness (QED) is 0.273. The highest BCUT2D eigenvalue weighted by molar-refractivity contribution is 9.10. The van der Waals surface area contributed by atoms with Gasteiger partial charge in [-0.1, -0.05) is 36.4 Å². The van der Waals surface area contributed by atoms with E-state index in [-0.39, 0.29) is 16.7 Å². The summed E-state index contributed by atoms with van der Waals surface area (Å²) in [5.74, 6) is -0.538. The van der Waals surface area contributed by atoms with E-state index in [9.17, 15) is 30.9 Å². The van der Waals surface area contributed by atoms with E-state index in [4.69, 9.17) is 0 Å². The molecule has 1 amide bonds. The molecule has 0 aromatic heterocycles. The lowest BCUT2D eigenvalue weighted by Gasteiger charge is -2.14. The molecular weight excluding hydrogens is 513 g/mol. The van der Waals surface area contributed by atoms with Gasteiger partial charge in [0.05, 0.1) is 17.3 Å². The van der Waals surface area contributed by atoms with Crippen molar-refractivity contribution in [3.63, 3.8) is 0 Å². The summed E-state index contributed by atoms with van der Waals surface area (Å²) in [5, 5.41) is 3.83. The lowest BCUT2D eigenvalue weighted by molar-refractivity contribution is -0.137. The third kappa shape index (κ3) is 5.42. The number of halogens is 4. The first-order valence-corrected chi connectivity index (χ1v) is 11.1. The monoisotopic (exact) mass is 526 g/mol. The van der Waals surface area contributed by atoms with Crippen molar-refractivity contribution in [2.45, 2.75) is 11.1 Å². The van der Waals surface area contributed by atoms with Crippen LogP contribution >= 0.6 is 15.9 Å². The molecule has 0 bridgehead atoms. The zero-order valence-electron chi connectivity index (χ0n) is 16.0. The molecule has 3 aromatic rings. The van der Waals surface area contributed by atoms with Crippen molar-refractivity contribution in [3.8, 4) is 11.1 Å². The molecule has 6 nitrogen and oxygen atoms in total. The maximum Gasteiger partial charge on any atom is 0.416 e. The first kappa shape index (κ1) is 23.6. The Morgan fingerprint density at radius 2 is 1.66 bits per heavy atom. The molecular formula is C21H14BrF3N2O4S. The van der Waals surface area contributed by atoms with Crippen LogP contribution in [0.25, 0.3) is 11.1 Å². The molecule has 0 saturated heterocycles. The molecule has 0 heterocycles. The summed E-state index contributed by atoms with van der Waals surface area (Å²) in [6, 6.07) is 14.4. The van der Waals surface area contributed by atoms with E-state index >= 15 is 0 Å². The van der Waals surface area contributed by atoms with Crippen LogP contribution in [0.1, 0.15) is 21.5 Å². The van der Waals surface area contributed by atoms with Crippen LogP contribution in [0.3, 0.4) is 0 Å². The lowest BCUT2D eigenvalue weighted by atomic mass is 9.98. The van der Waals surface area contributed by atoms with Gasteiger partial charge in [0.1, 0.15) is 4.90 Å². The standard InChI is InChI=1S/C21H14BrF3N2O4S/c22-18-8-4-3-7-16(18)20(28)27-26-12-13-5-1-2-6-15(13)17-11-14(21(23,24)25)9-10-19(17)32(29,30)31/h1-12H,(H,27,28)(H,29,30,31)/b26-12-. The maximum atomic E-state index is 13.2. The lowest BCUT2D eigenvalue weighted by Crippen LogP contribution is -2.18. The molecule has 11 heteroatoms. The molecule has 0 aliphatic carbocycles. The second-order valence-electron chi connectivity index (χ2n) is 6.45. The van der Waals surface area contributed by atoms with Gasteiger partial charge >= 0.3 is 6.18 Å². The zero-order chi connectivity index (χ0) is 23.5. The fraction of sp³-hybridized carbons (Fsp3) is 0.0476. The first-order valence-electron chi connectivity index (χ1n) is 8.84. The molecule has 0 spiro atoms. The number of nitrogens with one attached hydrogen (secondary N) is 1. The van der Waals surface area contributed by atoms with Gasteiger partial charge in [-0.15, -0.1) is 0 Å². The molecule has 0 radical (unpaired) electrons. The Balaban J connectivity index is 2.02. The third-order valence-corrected chi connectivity index (χ3v) is 5.93. The minimum Gasteiger partial charge on any atom is -0.282 e. The summed E-state index contributed by atoms with van der Waals surface area (Å²) in [5.41, 5.74) is 1.43. The number of alkyl halides is 3. The van der Waals surface area contributed by atoms with Crippen molar-refractivity contribution in [3.05, 3.63) is 87.9 Å². The molecule has 3 aromatic carbocycles. The van der Waals surface area contributed by atoms with E-state index in [1.54, 1.807) is 30.3 Å². The highest BCUT2D eigenvalue weighted by Gasteiger charge is 2.32. The van der Waals surface area contributed by atoms with Crippen LogP contribution in [0.2, 0.25) is 0 Å². The van der Waals surface area contributed by atoms with Crippen LogP contribution in [0.15, 0.2) is 81.2 Å². The van der Waals surface area contributed by atoms with E-state index < -0.39 is 32.7 Å². The van der Waals surface area contributed by atoms with Gasteiger partial charge in [0.15, 0.2) is 0 Å². The number of carbonyl (C=O) groups is 1. The van der Waals surface area contributed by atoms with Gasteiger partial charge in [0, 0.05) is 15.6 Å². The number of amides is 1. The van der Waals surface area contributed by atoms with Crippen molar-refractivity contribution in [2.24, 2.45) is 5.10 Å². The molecule has 0 unspecified atom stereocenters. The Labute approximate surface area is 189 Å². The van der Waals surface area contributed by atoms with E-state index in [2.05, 4.69) is 26.5 Å². The van der Waals surface area contributed by atoms with Crippen LogP contribution < -0.4 is 5.43 Å². The van der Waals surface area contributed by atoms with Crippen molar-refractivity contribution in [1.82, 2.24) is 5.43 Å². The van der Waals surface area contributed by atoms with Gasteiger partial charge in [-0.25, -0.2) is 5.43 Å². The smallest absolute Gasteiger partial charge is 0.282 e. The number of hydrogen-bond acceptors (Lipinski definition) is 4. The number of rotatable bonds is 5. The van der Waals surface area contributed by atoms with Crippen LogP contribution in [0.4, 0.5) is 13.2 Å². The van der Waals surface area contributed by atoms with Crippen molar-refractivity contribution < 1.29 is 30.9 Å². The number of hydrazone groups is 1. The second-order valence-corrected chi connectivity index (χ2v) is 8.69. The normalized spacial score (nSPS) is 12.2. The molecule has 0 atom stereocenters. The summed E-state index contributed by atoms with van der Waals surface area (Å²) in [7, 11) is -4.82. The predicted octanol–water partition coefficient (Wildman–Crippen LogP) is 5.15. The van der Waals surface area contributed by atoms with Crippen molar-refractivity contribution in [1.29, 1.82) is 0 Å². The Kier molecular flexibility index (Phi) is 6.82. The summed E-state index contributed by atoms with van der Waals surface area (Å²) < 4.78 is 73.2. The van der Waals surface area contributed by atoms with Crippen LogP contribution in [0, 0.1) is 0 Å². The average molecular weight is 527 g/mol. The maximum absolute atomic E-state index is 13.2. The Hall–Kier alpha value is -3.02. The molecule has 166 valence electrons. The van der Waals surface area contributed by atoms with Gasteiger partial charge < -0.3 is 0 Å². The number of hydrogen-bond donors (Lipinski definition) is 2. The van der Waals surface area contributed by atoms with Crippen molar-refractivity contribution >= 4 is 38.2 Å². The summed E-state index contributed by atoms with van der Waals surface area (Å²) in [4.78, 5) is 11.6. The molecule has 3 rings (SSSR count). The average Bonchev–Trinajstić information content (AvgIpc) is 2.72. The van der Waals surface area contributed by atoms with Gasteiger partial charge in [-0.05, 0) is 51.8 Å². The predicted molar refractivity (Wildman–Crippen MR) is 116 cm³/mol. The van der Waals surface area contributed by atoms with Gasteiger partial charge in [0.25, 0.3) is 16.0 Å². The van der Waals surface area contributed by atoms with Crippen LogP contribution in [0.5, 0.6) is 0 Å². The Bertz CT molecular complexity index is 1310. The van der Waals surface area contributed by atoms with Gasteiger partial charge in [-0.2, -0.15) is 26.7 Å². The second kappa shape index (κ2) is 9.23. The van der Waals surface area contributed by atoms with Crippen molar-refractivity contribution in [2.75, 3.05) is 0 Å². The minimum absolute atomic E-state index is 0.0603. The summed E-state index contributed by atoms with van der Waals surface area (Å²) in [6.45, 7) is 0. The molecule has 32 heavy (non-hydrogen) atoms. The fourth-order valence-corrected chi connectivity index (χ4v) is 4.01. The van der Waals surface area contributed by atoms with Crippen LogP contribution in [-0.4, -0.2) is 25.1 Å². The van der Waals surface area contributed by atoms with Gasteiger partial charge in [0.2, 0.25) is 0 Å². The van der Waals surface area contributed by atoms with E-state index in [1.807, 2.05) is 0 Å². The number of benzene rings is 3. The highest BCUT2D eigenvalue weighted by Crippen LogP contribution is 2.36. The molecule has 0 aliphatic rings. The number of nitrogens with zero attached hydrogens (tertiary/aromatic N) is 1. The number of carbonyl (C=O) groups excluding carboxylic acids is 1. The largest absolute Gasteiger partial charge is 0.416 e. The zero-order valence-corrected chi connectivity index (χ0v) is 18.4. The van der Waals surface area contributed by atoms with E-state index in [1.165, 1.54) is 18.2 Å². The third-order valence-electron chi connectivity index (χ3n) is 4.32. The van der Waals surface area contributed by atoms with E-state index in [0.717, 1.165) is 6.21 Å². The Morgan fingerprint density at radius 1 is 1.00 bits per heavy atom.